The van der Waals surface area contributed by atoms with Crippen LogP contribution in [-0.2, 0) is 20.9 Å². The molecule has 32 heavy (non-hydrogen) atoms. The Morgan fingerprint density at radius 2 is 1.50 bits per heavy atom. The maximum absolute atomic E-state index is 12.4. The molecule has 1 rings (SSSR count). The van der Waals surface area contributed by atoms with Crippen LogP contribution >= 0.6 is 0 Å². The fraction of sp³-hybridized carbons (Fsp3) is 0.615. The SMILES string of the molecule is C=[C](C(C)OC(=O)CNC(=O)OCc1ccccc1)[Sn]([CH2]CCC)([CH2]CCC)[CH2]CCC. The Balaban J connectivity index is 2.62. The van der Waals surface area contributed by atoms with Crippen LogP contribution < -0.4 is 5.32 Å². The van der Waals surface area contributed by atoms with E-state index in [4.69, 9.17) is 9.47 Å². The summed E-state index contributed by atoms with van der Waals surface area (Å²) in [5.74, 6) is -0.447. The molecule has 0 saturated heterocycles. The zero-order chi connectivity index (χ0) is 23.8. The average molecular weight is 552 g/mol. The number of unbranched alkanes of at least 4 members (excludes halogenated alkanes) is 3. The molecule has 0 aliphatic rings. The first-order valence-corrected chi connectivity index (χ1v) is 19.7. The number of carbonyl (C=O) groups excluding carboxylic acids is 2. The van der Waals surface area contributed by atoms with E-state index in [2.05, 4.69) is 32.7 Å². The summed E-state index contributed by atoms with van der Waals surface area (Å²) in [4.78, 5) is 24.3. The number of nitrogens with one attached hydrogen (secondary N) is 1. The number of ether oxygens (including phenoxy) is 2. The zero-order valence-electron chi connectivity index (χ0n) is 20.6. The summed E-state index contributed by atoms with van der Waals surface area (Å²) in [5.41, 5.74) is 0.894. The molecule has 0 fully saturated rings. The molecule has 1 aromatic carbocycles. The molecule has 0 bridgehead atoms. The van der Waals surface area contributed by atoms with Crippen molar-refractivity contribution in [2.24, 2.45) is 0 Å². The van der Waals surface area contributed by atoms with E-state index in [1.807, 2.05) is 37.3 Å². The summed E-state index contributed by atoms with van der Waals surface area (Å²) in [6.07, 6.45) is 6.34. The van der Waals surface area contributed by atoms with Crippen molar-refractivity contribution in [1.82, 2.24) is 5.32 Å². The number of benzene rings is 1. The number of esters is 1. The molecule has 1 aromatic rings. The van der Waals surface area contributed by atoms with Gasteiger partial charge in [-0.2, -0.15) is 0 Å². The standard InChI is InChI=1S/C14H16NO4.3C4H9.Sn/c1-3-11(2)19-13(16)9-15-14(17)18-10-12-7-5-4-6-8-12;3*1-3-4-2;/h4-8,11H,1,9-10H2,2H3,(H,15,17);3*1,3-4H2,2H3;. The van der Waals surface area contributed by atoms with E-state index in [0.29, 0.717) is 0 Å². The van der Waals surface area contributed by atoms with Crippen molar-refractivity contribution in [3.8, 4) is 0 Å². The summed E-state index contributed by atoms with van der Waals surface area (Å²) in [7, 11) is 0. The first-order valence-electron chi connectivity index (χ1n) is 12.2. The second kappa shape index (κ2) is 16.2. The fourth-order valence-electron chi connectivity index (χ4n) is 4.06. The Morgan fingerprint density at radius 1 is 0.969 bits per heavy atom. The van der Waals surface area contributed by atoms with Crippen molar-refractivity contribution >= 4 is 30.4 Å². The number of hydrogen-bond acceptors (Lipinski definition) is 4. The van der Waals surface area contributed by atoms with Crippen LogP contribution in [0.2, 0.25) is 13.3 Å². The molecule has 0 heterocycles. The van der Waals surface area contributed by atoms with Crippen LogP contribution in [0.15, 0.2) is 40.5 Å². The molecule has 0 aromatic heterocycles. The average Bonchev–Trinajstić information content (AvgIpc) is 2.81. The van der Waals surface area contributed by atoms with Crippen molar-refractivity contribution in [1.29, 1.82) is 0 Å². The minimum absolute atomic E-state index is 0.165. The molecule has 1 amide bonds. The minimum atomic E-state index is -2.68. The van der Waals surface area contributed by atoms with Crippen LogP contribution in [-0.4, -0.2) is 43.1 Å². The van der Waals surface area contributed by atoms with Crippen LogP contribution in [0.4, 0.5) is 4.79 Å². The Morgan fingerprint density at radius 3 is 2.00 bits per heavy atom. The van der Waals surface area contributed by atoms with E-state index < -0.39 is 30.4 Å². The topological polar surface area (TPSA) is 64.6 Å². The van der Waals surface area contributed by atoms with Gasteiger partial charge in [-0.05, 0) is 0 Å². The first-order chi connectivity index (χ1) is 15.4. The van der Waals surface area contributed by atoms with Crippen molar-refractivity contribution in [3.05, 3.63) is 46.1 Å². The number of alkyl carbamates (subject to hydrolysis) is 1. The van der Waals surface area contributed by atoms with Gasteiger partial charge in [0.15, 0.2) is 0 Å². The molecule has 0 saturated carbocycles. The summed E-state index contributed by atoms with van der Waals surface area (Å²) in [6, 6.07) is 9.43. The number of carbonyl (C=O) groups is 2. The fourth-order valence-corrected chi connectivity index (χ4v) is 20.4. The Bertz CT molecular complexity index is 671. The molecule has 1 atom stereocenters. The number of rotatable bonds is 16. The van der Waals surface area contributed by atoms with E-state index >= 15 is 0 Å². The molecule has 1 unspecified atom stereocenters. The molecule has 0 radical (unpaired) electrons. The quantitative estimate of drug-likeness (QED) is 0.181. The number of hydrogen-bond donors (Lipinski definition) is 1. The molecule has 0 aliphatic heterocycles. The van der Waals surface area contributed by atoms with Crippen LogP contribution in [0.1, 0.15) is 71.8 Å². The van der Waals surface area contributed by atoms with E-state index in [-0.39, 0.29) is 19.3 Å². The predicted molar refractivity (Wildman–Crippen MR) is 134 cm³/mol. The Hall–Kier alpha value is -1.50. The predicted octanol–water partition coefficient (Wildman–Crippen LogP) is 6.79. The van der Waals surface area contributed by atoms with Gasteiger partial charge in [0.2, 0.25) is 0 Å². The van der Waals surface area contributed by atoms with Gasteiger partial charge in [0, 0.05) is 0 Å². The Labute approximate surface area is 199 Å². The second-order valence-corrected chi connectivity index (χ2v) is 22.1. The monoisotopic (exact) mass is 553 g/mol. The van der Waals surface area contributed by atoms with Gasteiger partial charge >= 0.3 is 194 Å². The van der Waals surface area contributed by atoms with E-state index in [1.54, 1.807) is 0 Å². The van der Waals surface area contributed by atoms with Crippen LogP contribution in [0.3, 0.4) is 0 Å². The van der Waals surface area contributed by atoms with Crippen molar-refractivity contribution in [2.75, 3.05) is 6.54 Å². The second-order valence-electron chi connectivity index (χ2n) is 8.66. The summed E-state index contributed by atoms with van der Waals surface area (Å²) in [5, 5.41) is 2.49. The van der Waals surface area contributed by atoms with E-state index in [0.717, 1.165) is 5.56 Å². The Kier molecular flexibility index (Phi) is 14.4. The molecule has 0 aliphatic carbocycles. The molecule has 180 valence electrons. The molecular formula is C26H43NO4Sn. The first kappa shape index (κ1) is 28.5. The third kappa shape index (κ3) is 10.4. The molecule has 0 spiro atoms. The van der Waals surface area contributed by atoms with E-state index in [1.165, 1.54) is 55.4 Å². The van der Waals surface area contributed by atoms with Crippen LogP contribution in [0.5, 0.6) is 0 Å². The molecule has 5 nitrogen and oxygen atoms in total. The van der Waals surface area contributed by atoms with E-state index in [9.17, 15) is 9.59 Å². The van der Waals surface area contributed by atoms with Crippen molar-refractivity contribution in [2.45, 2.75) is 92.2 Å². The number of amides is 1. The van der Waals surface area contributed by atoms with Gasteiger partial charge in [0.25, 0.3) is 0 Å². The molecule has 6 heteroatoms. The van der Waals surface area contributed by atoms with Gasteiger partial charge in [-0.1, -0.05) is 6.07 Å². The van der Waals surface area contributed by atoms with Crippen molar-refractivity contribution < 1.29 is 19.1 Å². The van der Waals surface area contributed by atoms with Gasteiger partial charge in [-0.15, -0.1) is 0 Å². The van der Waals surface area contributed by atoms with Gasteiger partial charge < -0.3 is 0 Å². The third-order valence-corrected chi connectivity index (χ3v) is 22.4. The summed E-state index contributed by atoms with van der Waals surface area (Å²) in [6.45, 7) is 13.1. The van der Waals surface area contributed by atoms with Crippen LogP contribution in [0, 0.1) is 0 Å². The zero-order valence-corrected chi connectivity index (χ0v) is 23.4. The molecule has 1 N–H and O–H groups in total. The van der Waals surface area contributed by atoms with Gasteiger partial charge in [0.1, 0.15) is 0 Å². The maximum atomic E-state index is 12.4. The van der Waals surface area contributed by atoms with Crippen LogP contribution in [0.25, 0.3) is 0 Å². The van der Waals surface area contributed by atoms with Gasteiger partial charge in [-0.3, -0.25) is 0 Å². The summed E-state index contributed by atoms with van der Waals surface area (Å²) >= 11 is -2.68. The third-order valence-electron chi connectivity index (χ3n) is 6.10. The molecular weight excluding hydrogens is 509 g/mol. The van der Waals surface area contributed by atoms with Gasteiger partial charge in [-0.25, -0.2) is 0 Å². The van der Waals surface area contributed by atoms with Crippen molar-refractivity contribution in [3.63, 3.8) is 0 Å². The summed E-state index contributed by atoms with van der Waals surface area (Å²) < 4.78 is 15.9. The van der Waals surface area contributed by atoms with Gasteiger partial charge in [0.05, 0.1) is 0 Å². The normalized spacial score (nSPS) is 12.1.